The molecule has 252 valence electrons. The Balaban J connectivity index is 1.17. The lowest BCUT2D eigenvalue weighted by molar-refractivity contribution is -0.122. The van der Waals surface area contributed by atoms with Crippen molar-refractivity contribution in [1.29, 1.82) is 0 Å². The number of carbonyl (C=O) groups is 2. The van der Waals surface area contributed by atoms with Crippen molar-refractivity contribution in [3.05, 3.63) is 132 Å². The zero-order valence-electron chi connectivity index (χ0n) is 28.0. The summed E-state index contributed by atoms with van der Waals surface area (Å²) < 4.78 is 14.6. The largest absolute Gasteiger partial charge is 0.489 e. The molecule has 4 aromatic carbocycles. The molecule has 2 aliphatic rings. The number of aryl methyl sites for hydroxylation is 1. The van der Waals surface area contributed by atoms with Gasteiger partial charge in [-0.25, -0.2) is 0 Å². The predicted molar refractivity (Wildman–Crippen MR) is 197 cm³/mol. The van der Waals surface area contributed by atoms with Crippen molar-refractivity contribution in [3.63, 3.8) is 0 Å². The molecule has 8 nitrogen and oxygen atoms in total. The van der Waals surface area contributed by atoms with Crippen LogP contribution in [0.2, 0.25) is 0 Å². The van der Waals surface area contributed by atoms with Gasteiger partial charge in [0, 0.05) is 51.9 Å². The first-order valence-electron chi connectivity index (χ1n) is 17.5. The van der Waals surface area contributed by atoms with Crippen LogP contribution in [-0.4, -0.2) is 45.9 Å². The van der Waals surface area contributed by atoms with E-state index in [-0.39, 0.29) is 0 Å². The maximum absolute atomic E-state index is 13.8. The van der Waals surface area contributed by atoms with E-state index in [1.54, 1.807) is 0 Å². The number of imide groups is 1. The average molecular weight is 665 g/mol. The number of H-pyrrole nitrogens is 1. The van der Waals surface area contributed by atoms with E-state index in [2.05, 4.69) is 25.8 Å². The molecule has 8 rings (SSSR count). The number of ether oxygens (including phenoxy) is 2. The van der Waals surface area contributed by atoms with Gasteiger partial charge in [0.25, 0.3) is 11.8 Å². The van der Waals surface area contributed by atoms with Gasteiger partial charge in [0.15, 0.2) is 0 Å². The van der Waals surface area contributed by atoms with Gasteiger partial charge in [0.2, 0.25) is 0 Å². The van der Waals surface area contributed by atoms with Gasteiger partial charge in [-0.2, -0.15) is 0 Å². The lowest BCUT2D eigenvalue weighted by Crippen LogP contribution is -2.31. The Morgan fingerprint density at radius 1 is 0.640 bits per heavy atom. The van der Waals surface area contributed by atoms with Gasteiger partial charge >= 0.3 is 0 Å². The number of hydrogen-bond donors (Lipinski definition) is 2. The van der Waals surface area contributed by atoms with Crippen LogP contribution in [0.1, 0.15) is 47.9 Å². The van der Waals surface area contributed by atoms with Gasteiger partial charge in [-0.15, -0.1) is 0 Å². The van der Waals surface area contributed by atoms with Gasteiger partial charge in [0.1, 0.15) is 24.7 Å². The maximum atomic E-state index is 13.8. The van der Waals surface area contributed by atoms with E-state index in [9.17, 15) is 9.59 Å². The fourth-order valence-corrected chi connectivity index (χ4v) is 7.25. The number of benzene rings is 4. The molecule has 4 heterocycles. The van der Waals surface area contributed by atoms with Gasteiger partial charge in [-0.1, -0.05) is 67.1 Å². The molecule has 0 atom stereocenters. The highest BCUT2D eigenvalue weighted by Crippen LogP contribution is 2.40. The topological polar surface area (TPSA) is 88.6 Å². The van der Waals surface area contributed by atoms with E-state index < -0.39 is 11.8 Å². The number of nitrogens with zero attached hydrogens (tertiary/aromatic N) is 2. The normalized spacial score (nSPS) is 15.3. The molecule has 6 aromatic rings. The van der Waals surface area contributed by atoms with Crippen LogP contribution in [0.15, 0.2) is 109 Å². The summed E-state index contributed by atoms with van der Waals surface area (Å²) in [7, 11) is 0. The van der Waals surface area contributed by atoms with Gasteiger partial charge in [0.05, 0.1) is 11.1 Å². The van der Waals surface area contributed by atoms with Crippen molar-refractivity contribution in [1.82, 2.24) is 19.8 Å². The van der Waals surface area contributed by atoms with Crippen molar-refractivity contribution < 1.29 is 19.1 Å². The standard InChI is InChI=1S/C42H40N4O4/c47-41-39(35-25-43-37-17-15-31(23-33(35)37)49-27-29-11-4-1-5-12-29)40(42(48)44-41)36-26-46(22-10-21-45-19-8-3-9-20-45)38-18-16-32(24-34(36)38)50-28-30-13-6-2-7-14-30/h1-2,4-7,11-18,23-26,43H,3,8-10,19-22,27-28H2,(H,44,47,48). The summed E-state index contributed by atoms with van der Waals surface area (Å²) >= 11 is 0. The van der Waals surface area contributed by atoms with Crippen LogP contribution in [-0.2, 0) is 29.3 Å². The third-order valence-corrected chi connectivity index (χ3v) is 9.79. The molecular weight excluding hydrogens is 624 g/mol. The number of hydrogen-bond acceptors (Lipinski definition) is 5. The molecule has 50 heavy (non-hydrogen) atoms. The highest BCUT2D eigenvalue weighted by atomic mass is 16.5. The molecule has 0 aliphatic carbocycles. The number of likely N-dealkylation sites (tertiary alicyclic amines) is 1. The monoisotopic (exact) mass is 664 g/mol. The van der Waals surface area contributed by atoms with Crippen LogP contribution in [0.5, 0.6) is 11.5 Å². The van der Waals surface area contributed by atoms with E-state index in [1.807, 2.05) is 103 Å². The number of amides is 2. The summed E-state index contributed by atoms with van der Waals surface area (Å²) in [5, 5.41) is 4.29. The molecule has 2 N–H and O–H groups in total. The molecule has 1 fully saturated rings. The van der Waals surface area contributed by atoms with E-state index in [4.69, 9.17) is 9.47 Å². The summed E-state index contributed by atoms with van der Waals surface area (Å²) in [6.07, 6.45) is 8.67. The second-order valence-corrected chi connectivity index (χ2v) is 13.2. The molecular formula is C42H40N4O4. The number of aromatic nitrogens is 2. The van der Waals surface area contributed by atoms with Crippen LogP contribution in [0, 0.1) is 0 Å². The summed E-state index contributed by atoms with van der Waals surface area (Å²) in [6.45, 7) is 4.98. The Bertz CT molecular complexity index is 2190. The number of piperidine rings is 1. The molecule has 0 bridgehead atoms. The smallest absolute Gasteiger partial charge is 0.259 e. The molecule has 0 saturated carbocycles. The fourth-order valence-electron chi connectivity index (χ4n) is 7.25. The van der Waals surface area contributed by atoms with Crippen molar-refractivity contribution in [2.75, 3.05) is 19.6 Å². The Hall–Kier alpha value is -5.60. The zero-order valence-corrected chi connectivity index (χ0v) is 28.0. The van der Waals surface area contributed by atoms with Crippen LogP contribution >= 0.6 is 0 Å². The van der Waals surface area contributed by atoms with E-state index >= 15 is 0 Å². The summed E-state index contributed by atoms with van der Waals surface area (Å²) in [5.74, 6) is 0.565. The first-order chi connectivity index (χ1) is 24.6. The van der Waals surface area contributed by atoms with Gasteiger partial charge in [-0.3, -0.25) is 14.9 Å². The highest BCUT2D eigenvalue weighted by molar-refractivity contribution is 6.50. The average Bonchev–Trinajstić information content (AvgIpc) is 3.82. The first-order valence-corrected chi connectivity index (χ1v) is 17.5. The second kappa shape index (κ2) is 14.1. The lowest BCUT2D eigenvalue weighted by Gasteiger charge is -2.26. The Morgan fingerprint density at radius 2 is 1.26 bits per heavy atom. The molecule has 1 saturated heterocycles. The minimum absolute atomic E-state index is 0.351. The van der Waals surface area contributed by atoms with Gasteiger partial charge < -0.3 is 23.9 Å². The van der Waals surface area contributed by atoms with Crippen LogP contribution in [0.4, 0.5) is 0 Å². The summed E-state index contributed by atoms with van der Waals surface area (Å²) in [5.41, 5.74) is 6.07. The number of fused-ring (bicyclic) bond motifs is 2. The number of aromatic amines is 1. The fraction of sp³-hybridized carbons (Fsp3) is 0.238. The lowest BCUT2D eigenvalue weighted by atomic mass is 9.95. The third-order valence-electron chi connectivity index (χ3n) is 9.79. The van der Waals surface area contributed by atoms with Crippen LogP contribution in [0.25, 0.3) is 33.0 Å². The van der Waals surface area contributed by atoms with Crippen LogP contribution < -0.4 is 14.8 Å². The number of rotatable bonds is 12. The first kappa shape index (κ1) is 31.7. The van der Waals surface area contributed by atoms with E-state index in [0.29, 0.717) is 47.0 Å². The molecule has 2 aromatic heterocycles. The molecule has 2 amide bonds. The maximum Gasteiger partial charge on any atom is 0.259 e. The van der Waals surface area contributed by atoms with E-state index in [1.165, 1.54) is 19.3 Å². The van der Waals surface area contributed by atoms with Crippen molar-refractivity contribution in [3.8, 4) is 11.5 Å². The van der Waals surface area contributed by atoms with E-state index in [0.717, 1.165) is 65.5 Å². The van der Waals surface area contributed by atoms with Gasteiger partial charge in [-0.05, 0) is 86.4 Å². The number of nitrogens with one attached hydrogen (secondary N) is 2. The Morgan fingerprint density at radius 3 is 1.94 bits per heavy atom. The molecule has 8 heteroatoms. The summed E-state index contributed by atoms with van der Waals surface area (Å²) in [6, 6.07) is 31.9. The molecule has 0 unspecified atom stereocenters. The van der Waals surface area contributed by atoms with Crippen molar-refractivity contribution in [2.45, 2.75) is 45.4 Å². The molecule has 0 radical (unpaired) electrons. The summed E-state index contributed by atoms with van der Waals surface area (Å²) in [4.78, 5) is 33.3. The molecule has 2 aliphatic heterocycles. The Kier molecular flexibility index (Phi) is 8.92. The Labute approximate surface area is 291 Å². The quantitative estimate of drug-likeness (QED) is 0.131. The number of carbonyl (C=O) groups excluding carboxylic acids is 2. The minimum Gasteiger partial charge on any atom is -0.489 e. The second-order valence-electron chi connectivity index (χ2n) is 13.2. The molecule has 0 spiro atoms. The minimum atomic E-state index is -0.413. The third kappa shape index (κ3) is 6.54. The zero-order chi connectivity index (χ0) is 33.9. The highest BCUT2D eigenvalue weighted by Gasteiger charge is 2.35. The van der Waals surface area contributed by atoms with Crippen molar-refractivity contribution in [2.24, 2.45) is 0 Å². The SMILES string of the molecule is O=C1NC(=O)C(c2cn(CCCN3CCCCC3)c3ccc(OCc4ccccc4)cc23)=C1c1c[nH]c2ccc(OCc3ccccc3)cc12. The van der Waals surface area contributed by atoms with Crippen LogP contribution in [0.3, 0.4) is 0 Å². The predicted octanol–water partition coefficient (Wildman–Crippen LogP) is 7.72. The van der Waals surface area contributed by atoms with Crippen molar-refractivity contribution >= 4 is 44.8 Å².